The van der Waals surface area contributed by atoms with E-state index in [1.165, 1.54) is 0 Å². The van der Waals surface area contributed by atoms with Gasteiger partial charge in [0.25, 0.3) is 0 Å². The Morgan fingerprint density at radius 1 is 1.18 bits per heavy atom. The molecule has 0 aromatic heterocycles. The molecule has 0 aromatic carbocycles. The highest BCUT2D eigenvalue weighted by Crippen LogP contribution is 2.17. The van der Waals surface area contributed by atoms with Crippen LogP contribution in [0.25, 0.3) is 0 Å². The summed E-state index contributed by atoms with van der Waals surface area (Å²) in [6, 6.07) is 0.230. The Morgan fingerprint density at radius 3 is 2.29 bits per heavy atom. The van der Waals surface area contributed by atoms with E-state index in [4.69, 9.17) is 0 Å². The molecule has 1 unspecified atom stereocenters. The van der Waals surface area contributed by atoms with Gasteiger partial charge in [0.15, 0.2) is 0 Å². The molecule has 0 aliphatic heterocycles. The van der Waals surface area contributed by atoms with Gasteiger partial charge in [-0.2, -0.15) is 0 Å². The molecule has 0 spiro atoms. The second-order valence-corrected chi connectivity index (χ2v) is 5.65. The number of amides is 1. The zero-order valence-corrected chi connectivity index (χ0v) is 11.8. The molecule has 17 heavy (non-hydrogen) atoms. The van der Waals surface area contributed by atoms with Crippen molar-refractivity contribution in [3.63, 3.8) is 0 Å². The maximum atomic E-state index is 11.4. The van der Waals surface area contributed by atoms with Gasteiger partial charge in [-0.25, -0.2) is 0 Å². The van der Waals surface area contributed by atoms with Crippen LogP contribution in [0.5, 0.6) is 0 Å². The summed E-state index contributed by atoms with van der Waals surface area (Å²) < 4.78 is 0. The summed E-state index contributed by atoms with van der Waals surface area (Å²) in [5.74, 6) is 1.18. The third kappa shape index (κ3) is 10.3. The van der Waals surface area contributed by atoms with Gasteiger partial charge in [-0.15, -0.1) is 0 Å². The van der Waals surface area contributed by atoms with Crippen LogP contribution in [0.3, 0.4) is 0 Å². The van der Waals surface area contributed by atoms with Crippen molar-refractivity contribution in [1.82, 2.24) is 5.32 Å². The average Bonchev–Trinajstić information content (AvgIpc) is 2.20. The third-order valence-corrected chi connectivity index (χ3v) is 2.78. The first-order chi connectivity index (χ1) is 7.95. The van der Waals surface area contributed by atoms with Crippen LogP contribution in [-0.2, 0) is 4.79 Å². The highest BCUT2D eigenvalue weighted by atomic mass is 16.3. The first kappa shape index (κ1) is 16.4. The van der Waals surface area contributed by atoms with Crippen LogP contribution in [0.1, 0.15) is 59.8 Å². The minimum Gasteiger partial charge on any atom is -0.396 e. The molecule has 0 fully saturated rings. The molecule has 0 heterocycles. The van der Waals surface area contributed by atoms with Gasteiger partial charge in [-0.05, 0) is 44.9 Å². The van der Waals surface area contributed by atoms with E-state index in [0.717, 1.165) is 25.7 Å². The van der Waals surface area contributed by atoms with Crippen molar-refractivity contribution >= 4 is 5.91 Å². The number of carbonyl (C=O) groups is 1. The molecule has 3 heteroatoms. The molecule has 0 rings (SSSR count). The number of hydrogen-bond acceptors (Lipinski definition) is 2. The molecular weight excluding hydrogens is 214 g/mol. The lowest BCUT2D eigenvalue weighted by Gasteiger charge is -2.16. The van der Waals surface area contributed by atoms with Gasteiger partial charge < -0.3 is 10.4 Å². The van der Waals surface area contributed by atoms with E-state index in [1.54, 1.807) is 0 Å². The second kappa shape index (κ2) is 9.46. The lowest BCUT2D eigenvalue weighted by molar-refractivity contribution is -0.121. The van der Waals surface area contributed by atoms with Crippen molar-refractivity contribution < 1.29 is 9.90 Å². The van der Waals surface area contributed by atoms with Crippen LogP contribution >= 0.6 is 0 Å². The number of aliphatic hydroxyl groups excluding tert-OH is 1. The first-order valence-corrected chi connectivity index (χ1v) is 6.85. The van der Waals surface area contributed by atoms with E-state index in [9.17, 15) is 9.90 Å². The number of hydrogen-bond donors (Lipinski definition) is 2. The number of aliphatic hydroxyl groups is 1. The average molecular weight is 243 g/mol. The van der Waals surface area contributed by atoms with Crippen molar-refractivity contribution in [1.29, 1.82) is 0 Å². The quantitative estimate of drug-likeness (QED) is 0.612. The maximum Gasteiger partial charge on any atom is 0.220 e. The third-order valence-electron chi connectivity index (χ3n) is 2.78. The standard InChI is InChI=1S/C14H29NO2/c1-11(2)9-13(10-16)7-5-6-8-14(17)15-12(3)4/h11-13,16H,5-10H2,1-4H3,(H,15,17). The van der Waals surface area contributed by atoms with Crippen molar-refractivity contribution in [3.05, 3.63) is 0 Å². The predicted molar refractivity (Wildman–Crippen MR) is 71.8 cm³/mol. The van der Waals surface area contributed by atoms with Crippen LogP contribution < -0.4 is 5.32 Å². The van der Waals surface area contributed by atoms with Crippen LogP contribution in [0.4, 0.5) is 0 Å². The molecule has 0 saturated heterocycles. The summed E-state index contributed by atoms with van der Waals surface area (Å²) in [5, 5.41) is 12.1. The Labute approximate surface area is 106 Å². The Balaban J connectivity index is 3.58. The zero-order valence-electron chi connectivity index (χ0n) is 11.8. The fourth-order valence-corrected chi connectivity index (χ4v) is 2.06. The summed E-state index contributed by atoms with van der Waals surface area (Å²) >= 11 is 0. The van der Waals surface area contributed by atoms with Gasteiger partial charge in [-0.3, -0.25) is 4.79 Å². The van der Waals surface area contributed by atoms with Gasteiger partial charge in [0.05, 0.1) is 0 Å². The fraction of sp³-hybridized carbons (Fsp3) is 0.929. The number of carbonyl (C=O) groups excluding carboxylic acids is 1. The summed E-state index contributed by atoms with van der Waals surface area (Å²) in [4.78, 5) is 11.4. The molecule has 102 valence electrons. The van der Waals surface area contributed by atoms with Gasteiger partial charge in [0.2, 0.25) is 5.91 Å². The van der Waals surface area contributed by atoms with Gasteiger partial charge in [0.1, 0.15) is 0 Å². The SMILES string of the molecule is CC(C)CC(CO)CCCCC(=O)NC(C)C. The van der Waals surface area contributed by atoms with Crippen molar-refractivity contribution in [2.75, 3.05) is 6.61 Å². The van der Waals surface area contributed by atoms with Gasteiger partial charge in [-0.1, -0.05) is 20.3 Å². The van der Waals surface area contributed by atoms with Crippen LogP contribution in [0, 0.1) is 11.8 Å². The van der Waals surface area contributed by atoms with E-state index in [0.29, 0.717) is 18.3 Å². The van der Waals surface area contributed by atoms with Gasteiger partial charge in [0, 0.05) is 19.1 Å². The lowest BCUT2D eigenvalue weighted by atomic mass is 9.93. The van der Waals surface area contributed by atoms with E-state index >= 15 is 0 Å². The second-order valence-electron chi connectivity index (χ2n) is 5.65. The van der Waals surface area contributed by atoms with E-state index in [1.807, 2.05) is 13.8 Å². The molecule has 0 bridgehead atoms. The Bertz CT molecular complexity index is 202. The molecule has 1 atom stereocenters. The van der Waals surface area contributed by atoms with Crippen molar-refractivity contribution in [2.24, 2.45) is 11.8 Å². The summed E-state index contributed by atoms with van der Waals surface area (Å²) in [5.41, 5.74) is 0. The number of rotatable bonds is 9. The highest BCUT2D eigenvalue weighted by molar-refractivity contribution is 5.76. The highest BCUT2D eigenvalue weighted by Gasteiger charge is 2.10. The molecule has 0 saturated carbocycles. The molecule has 1 amide bonds. The molecule has 3 nitrogen and oxygen atoms in total. The monoisotopic (exact) mass is 243 g/mol. The minimum absolute atomic E-state index is 0.143. The topological polar surface area (TPSA) is 49.3 Å². The zero-order chi connectivity index (χ0) is 13.3. The minimum atomic E-state index is 0.143. The fourth-order valence-electron chi connectivity index (χ4n) is 2.06. The van der Waals surface area contributed by atoms with Crippen molar-refractivity contribution in [2.45, 2.75) is 65.8 Å². The Kier molecular flexibility index (Phi) is 9.14. The maximum absolute atomic E-state index is 11.4. The smallest absolute Gasteiger partial charge is 0.220 e. The van der Waals surface area contributed by atoms with E-state index < -0.39 is 0 Å². The molecule has 0 aliphatic carbocycles. The summed E-state index contributed by atoms with van der Waals surface area (Å²) in [6.45, 7) is 8.58. The van der Waals surface area contributed by atoms with E-state index in [2.05, 4.69) is 19.2 Å². The molecule has 0 aliphatic rings. The van der Waals surface area contributed by atoms with Gasteiger partial charge >= 0.3 is 0 Å². The largest absolute Gasteiger partial charge is 0.396 e. The molecule has 2 N–H and O–H groups in total. The number of unbranched alkanes of at least 4 members (excludes halogenated alkanes) is 1. The normalized spacial score (nSPS) is 13.1. The van der Waals surface area contributed by atoms with E-state index in [-0.39, 0.29) is 18.6 Å². The predicted octanol–water partition coefficient (Wildman–Crippen LogP) is 2.73. The Morgan fingerprint density at radius 2 is 1.82 bits per heavy atom. The van der Waals surface area contributed by atoms with Crippen LogP contribution in [-0.4, -0.2) is 23.7 Å². The first-order valence-electron chi connectivity index (χ1n) is 6.85. The lowest BCUT2D eigenvalue weighted by Crippen LogP contribution is -2.29. The molecule has 0 radical (unpaired) electrons. The van der Waals surface area contributed by atoms with Crippen LogP contribution in [0.2, 0.25) is 0 Å². The van der Waals surface area contributed by atoms with Crippen LogP contribution in [0.15, 0.2) is 0 Å². The number of nitrogens with one attached hydrogen (secondary N) is 1. The summed E-state index contributed by atoms with van der Waals surface area (Å²) in [6.07, 6.45) is 4.67. The summed E-state index contributed by atoms with van der Waals surface area (Å²) in [7, 11) is 0. The van der Waals surface area contributed by atoms with Crippen molar-refractivity contribution in [3.8, 4) is 0 Å². The molecule has 0 aromatic rings. The Hall–Kier alpha value is -0.570. The molecular formula is C14H29NO2.